The maximum Gasteiger partial charge on any atom is 0.264 e. The van der Waals surface area contributed by atoms with Crippen LogP contribution in [-0.4, -0.2) is 44.3 Å². The van der Waals surface area contributed by atoms with Gasteiger partial charge < -0.3 is 10.2 Å². The summed E-state index contributed by atoms with van der Waals surface area (Å²) in [6.07, 6.45) is 1.92. The van der Waals surface area contributed by atoms with Gasteiger partial charge in [-0.15, -0.1) is 0 Å². The summed E-state index contributed by atoms with van der Waals surface area (Å²) in [6.45, 7) is 3.51. The highest BCUT2D eigenvalue weighted by atomic mass is 35.5. The fourth-order valence-electron chi connectivity index (χ4n) is 4.12. The summed E-state index contributed by atoms with van der Waals surface area (Å²) in [5.74, 6) is -1.44. The molecule has 0 aliphatic rings. The van der Waals surface area contributed by atoms with Crippen molar-refractivity contribution in [3.8, 4) is 0 Å². The maximum absolute atomic E-state index is 14.0. The lowest BCUT2D eigenvalue weighted by atomic mass is 10.1. The Morgan fingerprint density at radius 2 is 1.65 bits per heavy atom. The van der Waals surface area contributed by atoms with Gasteiger partial charge in [0.25, 0.3) is 10.0 Å². The van der Waals surface area contributed by atoms with Crippen molar-refractivity contribution in [2.24, 2.45) is 0 Å². The van der Waals surface area contributed by atoms with E-state index < -0.39 is 34.3 Å². The minimum absolute atomic E-state index is 0.0218. The molecule has 1 N–H and O–H groups in total. The number of nitrogens with one attached hydrogen (secondary N) is 1. The van der Waals surface area contributed by atoms with Crippen LogP contribution in [0.5, 0.6) is 0 Å². The first kappa shape index (κ1) is 31.4. The molecular formula is C29H32Cl2FN3O4S. The topological polar surface area (TPSA) is 86.8 Å². The van der Waals surface area contributed by atoms with Crippen molar-refractivity contribution in [1.29, 1.82) is 0 Å². The van der Waals surface area contributed by atoms with Crippen molar-refractivity contribution in [3.63, 3.8) is 0 Å². The van der Waals surface area contributed by atoms with Crippen molar-refractivity contribution in [2.75, 3.05) is 17.4 Å². The SMILES string of the molecule is CCCCNC(=O)C(CC)N(Cc1ccc(F)cc1)C(=O)CN(c1cc(Cl)ccc1Cl)S(=O)(=O)c1ccccc1. The molecule has 2 amide bonds. The number of halogens is 3. The van der Waals surface area contributed by atoms with Crippen LogP contribution < -0.4 is 9.62 Å². The Morgan fingerprint density at radius 1 is 0.975 bits per heavy atom. The summed E-state index contributed by atoms with van der Waals surface area (Å²) >= 11 is 12.6. The summed E-state index contributed by atoms with van der Waals surface area (Å²) in [4.78, 5) is 28.4. The van der Waals surface area contributed by atoms with Crippen LogP contribution in [0.2, 0.25) is 10.0 Å². The molecule has 0 heterocycles. The zero-order chi connectivity index (χ0) is 29.3. The number of hydrogen-bond acceptors (Lipinski definition) is 4. The highest BCUT2D eigenvalue weighted by molar-refractivity contribution is 7.92. The van der Waals surface area contributed by atoms with Gasteiger partial charge in [0, 0.05) is 18.1 Å². The molecule has 1 unspecified atom stereocenters. The second kappa shape index (κ2) is 14.5. The average Bonchev–Trinajstić information content (AvgIpc) is 2.94. The monoisotopic (exact) mass is 607 g/mol. The van der Waals surface area contributed by atoms with E-state index in [1.807, 2.05) is 6.92 Å². The Balaban J connectivity index is 2.06. The predicted octanol–water partition coefficient (Wildman–Crippen LogP) is 6.05. The van der Waals surface area contributed by atoms with Crippen molar-refractivity contribution in [2.45, 2.75) is 50.6 Å². The molecule has 0 aromatic heterocycles. The molecule has 0 fully saturated rings. The van der Waals surface area contributed by atoms with Crippen LogP contribution in [0.25, 0.3) is 0 Å². The molecule has 3 aromatic carbocycles. The third-order valence-electron chi connectivity index (χ3n) is 6.27. The number of benzene rings is 3. The van der Waals surface area contributed by atoms with Crippen LogP contribution in [0.3, 0.4) is 0 Å². The first-order valence-corrected chi connectivity index (χ1v) is 15.1. The summed E-state index contributed by atoms with van der Waals surface area (Å²) in [5, 5.41) is 3.16. The van der Waals surface area contributed by atoms with Gasteiger partial charge in [-0.2, -0.15) is 0 Å². The van der Waals surface area contributed by atoms with E-state index in [4.69, 9.17) is 23.2 Å². The molecule has 0 saturated carbocycles. The smallest absolute Gasteiger partial charge is 0.264 e. The van der Waals surface area contributed by atoms with Crippen LogP contribution >= 0.6 is 23.2 Å². The largest absolute Gasteiger partial charge is 0.354 e. The fraction of sp³-hybridized carbons (Fsp3) is 0.310. The van der Waals surface area contributed by atoms with Gasteiger partial charge >= 0.3 is 0 Å². The zero-order valence-corrected chi connectivity index (χ0v) is 24.6. The van der Waals surface area contributed by atoms with Gasteiger partial charge in [0.2, 0.25) is 11.8 Å². The van der Waals surface area contributed by atoms with Gasteiger partial charge in [0.1, 0.15) is 18.4 Å². The van der Waals surface area contributed by atoms with E-state index in [0.717, 1.165) is 17.1 Å². The number of nitrogens with zero attached hydrogens (tertiary/aromatic N) is 2. The van der Waals surface area contributed by atoms with E-state index in [1.165, 1.54) is 59.5 Å². The van der Waals surface area contributed by atoms with E-state index >= 15 is 0 Å². The number of sulfonamides is 1. The van der Waals surface area contributed by atoms with E-state index in [0.29, 0.717) is 12.1 Å². The number of amides is 2. The van der Waals surface area contributed by atoms with Crippen LogP contribution in [0.4, 0.5) is 10.1 Å². The standard InChI is InChI=1S/C29H32Cl2FN3O4S/c1-3-5-17-33-29(37)26(4-2)34(19-21-11-14-23(32)15-12-21)28(36)20-35(27-18-22(30)13-16-25(27)31)40(38,39)24-9-7-6-8-10-24/h6-16,18,26H,3-5,17,19-20H2,1-2H3,(H,33,37). The second-order valence-corrected chi connectivity index (χ2v) is 11.8. The molecular weight excluding hydrogens is 576 g/mol. The van der Waals surface area contributed by atoms with Crippen LogP contribution in [0.15, 0.2) is 77.7 Å². The van der Waals surface area contributed by atoms with Crippen molar-refractivity contribution in [3.05, 3.63) is 94.2 Å². The molecule has 0 aliphatic heterocycles. The Labute approximate surface area is 244 Å². The highest BCUT2D eigenvalue weighted by Gasteiger charge is 2.34. The Hall–Kier alpha value is -3.14. The van der Waals surface area contributed by atoms with E-state index in [-0.39, 0.29) is 39.5 Å². The first-order valence-electron chi connectivity index (χ1n) is 12.9. The summed E-state index contributed by atoms with van der Waals surface area (Å²) in [7, 11) is -4.28. The summed E-state index contributed by atoms with van der Waals surface area (Å²) in [5.41, 5.74) is 0.598. The molecule has 0 aliphatic carbocycles. The van der Waals surface area contributed by atoms with E-state index in [2.05, 4.69) is 5.32 Å². The lowest BCUT2D eigenvalue weighted by Crippen LogP contribution is -2.52. The molecule has 0 saturated heterocycles. The lowest BCUT2D eigenvalue weighted by Gasteiger charge is -2.33. The van der Waals surface area contributed by atoms with Crippen LogP contribution in [-0.2, 0) is 26.2 Å². The molecule has 3 aromatic rings. The number of carbonyl (C=O) groups is 2. The average molecular weight is 609 g/mol. The van der Waals surface area contributed by atoms with Gasteiger partial charge in [-0.25, -0.2) is 12.8 Å². The predicted molar refractivity (Wildman–Crippen MR) is 156 cm³/mol. The maximum atomic E-state index is 14.0. The second-order valence-electron chi connectivity index (χ2n) is 9.14. The van der Waals surface area contributed by atoms with Gasteiger partial charge in [-0.05, 0) is 60.9 Å². The lowest BCUT2D eigenvalue weighted by molar-refractivity contribution is -0.140. The van der Waals surface area contributed by atoms with Gasteiger partial charge in [-0.3, -0.25) is 13.9 Å². The Kier molecular flexibility index (Phi) is 11.4. The van der Waals surface area contributed by atoms with Gasteiger partial charge in [0.15, 0.2) is 0 Å². The number of carbonyl (C=O) groups excluding carboxylic acids is 2. The minimum atomic E-state index is -4.28. The van der Waals surface area contributed by atoms with Crippen molar-refractivity contribution in [1.82, 2.24) is 10.2 Å². The van der Waals surface area contributed by atoms with E-state index in [9.17, 15) is 22.4 Å². The normalized spacial score (nSPS) is 12.0. The van der Waals surface area contributed by atoms with Gasteiger partial charge in [-0.1, -0.05) is 73.8 Å². The van der Waals surface area contributed by atoms with E-state index in [1.54, 1.807) is 25.1 Å². The molecule has 0 spiro atoms. The first-order chi connectivity index (χ1) is 19.1. The summed E-state index contributed by atoms with van der Waals surface area (Å²) < 4.78 is 42.2. The van der Waals surface area contributed by atoms with Crippen LogP contribution in [0, 0.1) is 5.82 Å². The number of rotatable bonds is 13. The quantitative estimate of drug-likeness (QED) is 0.240. The molecule has 7 nitrogen and oxygen atoms in total. The zero-order valence-electron chi connectivity index (χ0n) is 22.3. The van der Waals surface area contributed by atoms with Crippen molar-refractivity contribution < 1.29 is 22.4 Å². The Morgan fingerprint density at radius 3 is 2.27 bits per heavy atom. The number of anilines is 1. The van der Waals surface area contributed by atoms with Gasteiger partial charge in [0.05, 0.1) is 15.6 Å². The number of unbranched alkanes of at least 4 members (excludes halogenated alkanes) is 1. The number of hydrogen-bond donors (Lipinski definition) is 1. The van der Waals surface area contributed by atoms with Crippen molar-refractivity contribution >= 4 is 50.7 Å². The van der Waals surface area contributed by atoms with Crippen LogP contribution in [0.1, 0.15) is 38.7 Å². The molecule has 214 valence electrons. The molecule has 1 atom stereocenters. The third kappa shape index (κ3) is 7.96. The fourth-order valence-corrected chi connectivity index (χ4v) is 6.00. The summed E-state index contributed by atoms with van der Waals surface area (Å²) in [6, 6.07) is 16.6. The molecule has 0 radical (unpaired) electrons. The molecule has 40 heavy (non-hydrogen) atoms. The molecule has 3 rings (SSSR count). The minimum Gasteiger partial charge on any atom is -0.354 e. The molecule has 0 bridgehead atoms. The molecule has 11 heteroatoms. The Bertz CT molecular complexity index is 1410. The highest BCUT2D eigenvalue weighted by Crippen LogP contribution is 2.33. The third-order valence-corrected chi connectivity index (χ3v) is 8.60.